The highest BCUT2D eigenvalue weighted by atomic mass is 35.5. The number of rotatable bonds is 3. The van der Waals surface area contributed by atoms with E-state index in [0.29, 0.717) is 34.0 Å². The Balaban J connectivity index is 1.85. The summed E-state index contributed by atoms with van der Waals surface area (Å²) < 4.78 is 15.3. The van der Waals surface area contributed by atoms with Crippen molar-refractivity contribution in [2.75, 3.05) is 0 Å². The molecule has 0 saturated carbocycles. The number of hydrogen-bond acceptors (Lipinski definition) is 3. The van der Waals surface area contributed by atoms with Crippen molar-refractivity contribution in [1.82, 2.24) is 9.55 Å². The van der Waals surface area contributed by atoms with Crippen LogP contribution in [0.5, 0.6) is 0 Å². The summed E-state index contributed by atoms with van der Waals surface area (Å²) in [6.45, 7) is 0.330. The first-order valence-corrected chi connectivity index (χ1v) is 7.78. The average Bonchev–Trinajstić information content (AvgIpc) is 3.13. The predicted octanol–water partition coefficient (Wildman–Crippen LogP) is 3.95. The second-order valence-electron chi connectivity index (χ2n) is 5.21. The van der Waals surface area contributed by atoms with Crippen molar-refractivity contribution in [1.29, 1.82) is 0 Å². The molecule has 3 aromatic rings. The van der Waals surface area contributed by atoms with E-state index in [1.54, 1.807) is 59.7 Å². The van der Waals surface area contributed by atoms with E-state index in [0.717, 1.165) is 0 Å². The van der Waals surface area contributed by atoms with E-state index in [9.17, 15) is 9.60 Å². The largest absolute Gasteiger partial charge is 0.411 e. The van der Waals surface area contributed by atoms with Gasteiger partial charge in [-0.3, -0.25) is 0 Å². The molecule has 0 aliphatic heterocycles. The Morgan fingerprint density at radius 2 is 2.08 bits per heavy atom. The molecule has 0 aliphatic carbocycles. The molecule has 1 heterocycles. The number of aromatic nitrogens is 2. The molecule has 1 aromatic heterocycles. The summed E-state index contributed by atoms with van der Waals surface area (Å²) in [4.78, 5) is 3.94. The SMILES string of the molecule is O/N=C(\Cn1ccnc1)c1ccc(C#Cc2ccccc2F)cc1Cl. The Hall–Kier alpha value is -3.10. The molecule has 0 spiro atoms. The zero-order valence-electron chi connectivity index (χ0n) is 13.0. The molecule has 1 N–H and O–H groups in total. The van der Waals surface area contributed by atoms with Crippen LogP contribution in [0.25, 0.3) is 0 Å². The topological polar surface area (TPSA) is 50.4 Å². The van der Waals surface area contributed by atoms with Gasteiger partial charge >= 0.3 is 0 Å². The molecule has 0 amide bonds. The molecule has 0 atom stereocenters. The summed E-state index contributed by atoms with van der Waals surface area (Å²) in [6.07, 6.45) is 5.01. The minimum Gasteiger partial charge on any atom is -0.411 e. The maximum Gasteiger partial charge on any atom is 0.138 e. The maximum atomic E-state index is 13.6. The summed E-state index contributed by atoms with van der Waals surface area (Å²) in [6, 6.07) is 11.4. The van der Waals surface area contributed by atoms with Crippen LogP contribution >= 0.6 is 11.6 Å². The van der Waals surface area contributed by atoms with Gasteiger partial charge in [0.05, 0.1) is 23.5 Å². The zero-order chi connectivity index (χ0) is 17.6. The number of hydrogen-bond donors (Lipinski definition) is 1. The van der Waals surface area contributed by atoms with Gasteiger partial charge in [-0.15, -0.1) is 0 Å². The van der Waals surface area contributed by atoms with Gasteiger partial charge in [0, 0.05) is 23.5 Å². The fourth-order valence-corrected chi connectivity index (χ4v) is 2.54. The van der Waals surface area contributed by atoms with E-state index in [2.05, 4.69) is 22.0 Å². The van der Waals surface area contributed by atoms with Gasteiger partial charge in [0.25, 0.3) is 0 Å². The van der Waals surface area contributed by atoms with Gasteiger partial charge in [-0.05, 0) is 24.3 Å². The van der Waals surface area contributed by atoms with E-state index in [4.69, 9.17) is 11.6 Å². The van der Waals surface area contributed by atoms with Crippen molar-refractivity contribution in [3.05, 3.63) is 88.7 Å². The minimum atomic E-state index is -0.368. The lowest BCUT2D eigenvalue weighted by atomic mass is 10.1. The number of halogens is 2. The second kappa shape index (κ2) is 7.65. The van der Waals surface area contributed by atoms with Gasteiger partial charge in [0.15, 0.2) is 0 Å². The Bertz CT molecular complexity index is 972. The Kier molecular flexibility index (Phi) is 5.12. The summed E-state index contributed by atoms with van der Waals surface area (Å²) in [7, 11) is 0. The van der Waals surface area contributed by atoms with Crippen molar-refractivity contribution in [3.8, 4) is 11.8 Å². The summed E-state index contributed by atoms with van der Waals surface area (Å²) in [5, 5.41) is 13.0. The molecular weight excluding hydrogens is 341 g/mol. The zero-order valence-corrected chi connectivity index (χ0v) is 13.8. The quantitative estimate of drug-likeness (QED) is 0.335. The van der Waals surface area contributed by atoms with Crippen molar-refractivity contribution >= 4 is 17.3 Å². The molecule has 0 aliphatic rings. The summed E-state index contributed by atoms with van der Waals surface area (Å²) in [5.41, 5.74) is 1.95. The molecule has 0 bridgehead atoms. The molecule has 6 heteroatoms. The second-order valence-corrected chi connectivity index (χ2v) is 5.61. The molecule has 3 rings (SSSR count). The highest BCUT2D eigenvalue weighted by Gasteiger charge is 2.10. The van der Waals surface area contributed by atoms with Gasteiger partial charge in [0.1, 0.15) is 11.5 Å². The molecule has 0 radical (unpaired) electrons. The van der Waals surface area contributed by atoms with E-state index in [-0.39, 0.29) is 5.82 Å². The smallest absolute Gasteiger partial charge is 0.138 e. The van der Waals surface area contributed by atoms with Gasteiger partial charge in [0.2, 0.25) is 0 Å². The van der Waals surface area contributed by atoms with Crippen molar-refractivity contribution < 1.29 is 9.60 Å². The Morgan fingerprint density at radius 3 is 2.76 bits per heavy atom. The van der Waals surface area contributed by atoms with Crippen LogP contribution < -0.4 is 0 Å². The predicted molar refractivity (Wildman–Crippen MR) is 94.4 cm³/mol. The highest BCUT2D eigenvalue weighted by molar-refractivity contribution is 6.34. The molecule has 25 heavy (non-hydrogen) atoms. The third-order valence-corrected chi connectivity index (χ3v) is 3.82. The van der Waals surface area contributed by atoms with E-state index >= 15 is 0 Å². The fraction of sp³-hybridized carbons (Fsp3) is 0.0526. The molecule has 0 saturated heterocycles. The molecular formula is C19H13ClFN3O. The van der Waals surface area contributed by atoms with Crippen LogP contribution in [0, 0.1) is 17.7 Å². The van der Waals surface area contributed by atoms with Crippen molar-refractivity contribution in [2.45, 2.75) is 6.54 Å². The van der Waals surface area contributed by atoms with Gasteiger partial charge in [-0.2, -0.15) is 0 Å². The van der Waals surface area contributed by atoms with Gasteiger partial charge < -0.3 is 9.77 Å². The standard InChI is InChI=1S/C19H13ClFN3O/c20-17-11-14(5-7-15-3-1-2-4-18(15)21)6-8-16(17)19(23-25)12-24-10-9-22-13-24/h1-4,6,8-11,13,25H,12H2/b23-19+. The Morgan fingerprint density at radius 1 is 1.24 bits per heavy atom. The van der Waals surface area contributed by atoms with Crippen LogP contribution in [-0.2, 0) is 6.54 Å². The minimum absolute atomic E-state index is 0.320. The lowest BCUT2D eigenvalue weighted by molar-refractivity contribution is 0.317. The molecule has 0 unspecified atom stereocenters. The molecule has 124 valence electrons. The molecule has 4 nitrogen and oxygen atoms in total. The normalized spacial score (nSPS) is 11.0. The monoisotopic (exact) mass is 353 g/mol. The number of benzene rings is 2. The molecule has 2 aromatic carbocycles. The van der Waals surface area contributed by atoms with Crippen LogP contribution in [0.4, 0.5) is 4.39 Å². The first-order chi connectivity index (χ1) is 12.2. The lowest BCUT2D eigenvalue weighted by Gasteiger charge is -2.08. The van der Waals surface area contributed by atoms with Crippen LogP contribution in [0.3, 0.4) is 0 Å². The average molecular weight is 354 g/mol. The van der Waals surface area contributed by atoms with E-state index in [1.165, 1.54) is 6.07 Å². The van der Waals surface area contributed by atoms with Crippen molar-refractivity contribution in [2.24, 2.45) is 5.16 Å². The number of nitrogens with zero attached hydrogens (tertiary/aromatic N) is 3. The van der Waals surface area contributed by atoms with Crippen LogP contribution in [0.2, 0.25) is 5.02 Å². The van der Waals surface area contributed by atoms with Crippen molar-refractivity contribution in [3.63, 3.8) is 0 Å². The maximum absolute atomic E-state index is 13.6. The van der Waals surface area contributed by atoms with E-state index in [1.807, 2.05) is 0 Å². The fourth-order valence-electron chi connectivity index (χ4n) is 2.25. The van der Waals surface area contributed by atoms with Gasteiger partial charge in [-0.1, -0.05) is 46.8 Å². The van der Waals surface area contributed by atoms with E-state index < -0.39 is 0 Å². The Labute approximate surface area is 149 Å². The third kappa shape index (κ3) is 4.06. The number of imidazole rings is 1. The van der Waals surface area contributed by atoms with Crippen LogP contribution in [0.1, 0.15) is 16.7 Å². The summed E-state index contributed by atoms with van der Waals surface area (Å²) in [5.74, 6) is 5.29. The van der Waals surface area contributed by atoms with Crippen LogP contribution in [0.15, 0.2) is 66.3 Å². The van der Waals surface area contributed by atoms with Gasteiger partial charge in [-0.25, -0.2) is 9.37 Å². The lowest BCUT2D eigenvalue weighted by Crippen LogP contribution is -2.11. The third-order valence-electron chi connectivity index (χ3n) is 3.51. The first-order valence-electron chi connectivity index (χ1n) is 7.40. The van der Waals surface area contributed by atoms with Crippen LogP contribution in [-0.4, -0.2) is 20.5 Å². The first kappa shape index (κ1) is 16.7. The highest BCUT2D eigenvalue weighted by Crippen LogP contribution is 2.19. The number of oxime groups is 1. The molecule has 0 fully saturated rings. The summed E-state index contributed by atoms with van der Waals surface area (Å²) >= 11 is 6.30.